The molecule has 1 aliphatic rings. The first kappa shape index (κ1) is 26.4. The average molecular weight is 547 g/mol. The lowest BCUT2D eigenvalue weighted by molar-refractivity contribution is -0.118. The Balaban J connectivity index is 1.29. The van der Waals surface area contributed by atoms with Gasteiger partial charge in [0.2, 0.25) is 5.91 Å². The summed E-state index contributed by atoms with van der Waals surface area (Å²) in [6, 6.07) is 17.2. The van der Waals surface area contributed by atoms with Crippen LogP contribution in [0.15, 0.2) is 71.9 Å². The Morgan fingerprint density at radius 2 is 1.50 bits per heavy atom. The SMILES string of the molecule is CN(C(=O)CCN(C)S(=O)c1cccc(Cl)c1Cl)c1ccc(N2CCN(c3ccncc3)CC2)cc1. The van der Waals surface area contributed by atoms with Gasteiger partial charge >= 0.3 is 0 Å². The molecular weight excluding hydrogens is 517 g/mol. The summed E-state index contributed by atoms with van der Waals surface area (Å²) in [5.74, 6) is -0.0604. The van der Waals surface area contributed by atoms with Crippen molar-refractivity contribution in [3.8, 4) is 0 Å². The van der Waals surface area contributed by atoms with Crippen LogP contribution in [0.4, 0.5) is 17.1 Å². The summed E-state index contributed by atoms with van der Waals surface area (Å²) < 4.78 is 14.4. The molecule has 0 aliphatic carbocycles. The van der Waals surface area contributed by atoms with E-state index in [9.17, 15) is 9.00 Å². The molecule has 1 amide bonds. The van der Waals surface area contributed by atoms with Gasteiger partial charge < -0.3 is 14.7 Å². The first-order valence-corrected chi connectivity index (χ1v) is 13.5. The van der Waals surface area contributed by atoms with Crippen molar-refractivity contribution in [2.45, 2.75) is 11.3 Å². The third kappa shape index (κ3) is 6.18. The number of benzene rings is 2. The van der Waals surface area contributed by atoms with Crippen LogP contribution in [0.3, 0.4) is 0 Å². The number of carbonyl (C=O) groups is 1. The van der Waals surface area contributed by atoms with Crippen molar-refractivity contribution in [1.29, 1.82) is 0 Å². The molecule has 1 aromatic heterocycles. The smallest absolute Gasteiger partial charge is 0.228 e. The van der Waals surface area contributed by atoms with E-state index in [1.54, 1.807) is 41.5 Å². The van der Waals surface area contributed by atoms with Gasteiger partial charge in [-0.15, -0.1) is 0 Å². The maximum Gasteiger partial charge on any atom is 0.228 e. The average Bonchev–Trinajstić information content (AvgIpc) is 2.93. The van der Waals surface area contributed by atoms with Crippen LogP contribution in [-0.4, -0.2) is 66.2 Å². The van der Waals surface area contributed by atoms with E-state index < -0.39 is 11.0 Å². The molecule has 0 bridgehead atoms. The monoisotopic (exact) mass is 545 g/mol. The minimum atomic E-state index is -1.51. The molecule has 2 aromatic carbocycles. The molecule has 0 N–H and O–H groups in total. The van der Waals surface area contributed by atoms with E-state index in [1.165, 1.54) is 5.69 Å². The molecular formula is C26H29Cl2N5O2S. The van der Waals surface area contributed by atoms with Crippen LogP contribution in [0.5, 0.6) is 0 Å². The van der Waals surface area contributed by atoms with Gasteiger partial charge in [0.1, 0.15) is 11.0 Å². The molecule has 3 aromatic rings. The number of pyridine rings is 1. The Hall–Kier alpha value is -2.65. The molecule has 0 saturated carbocycles. The summed E-state index contributed by atoms with van der Waals surface area (Å²) >= 11 is 12.2. The van der Waals surface area contributed by atoms with E-state index in [0.717, 1.165) is 37.6 Å². The molecule has 4 rings (SSSR count). The molecule has 2 heterocycles. The minimum Gasteiger partial charge on any atom is -0.368 e. The Labute approximate surface area is 224 Å². The van der Waals surface area contributed by atoms with Crippen LogP contribution in [-0.2, 0) is 15.8 Å². The highest BCUT2D eigenvalue weighted by Gasteiger charge is 2.20. The number of hydrogen-bond acceptors (Lipinski definition) is 5. The van der Waals surface area contributed by atoms with Crippen LogP contribution < -0.4 is 14.7 Å². The molecule has 7 nitrogen and oxygen atoms in total. The van der Waals surface area contributed by atoms with Crippen molar-refractivity contribution >= 4 is 57.2 Å². The van der Waals surface area contributed by atoms with Gasteiger partial charge in [-0.05, 0) is 48.5 Å². The Kier molecular flexibility index (Phi) is 8.85. The highest BCUT2D eigenvalue weighted by Crippen LogP contribution is 2.29. The van der Waals surface area contributed by atoms with Crippen LogP contribution in [0.25, 0.3) is 0 Å². The summed E-state index contributed by atoms with van der Waals surface area (Å²) in [7, 11) is 1.95. The number of aromatic nitrogens is 1. The molecule has 36 heavy (non-hydrogen) atoms. The fourth-order valence-corrected chi connectivity index (χ4v) is 5.70. The third-order valence-corrected chi connectivity index (χ3v) is 8.71. The van der Waals surface area contributed by atoms with Crippen LogP contribution >= 0.6 is 23.2 Å². The van der Waals surface area contributed by atoms with Gasteiger partial charge in [0.25, 0.3) is 0 Å². The number of amides is 1. The van der Waals surface area contributed by atoms with E-state index in [2.05, 4.69) is 26.9 Å². The van der Waals surface area contributed by atoms with Crippen molar-refractivity contribution < 1.29 is 9.00 Å². The summed E-state index contributed by atoms with van der Waals surface area (Å²) in [6.45, 7) is 4.06. The predicted octanol–water partition coefficient (Wildman–Crippen LogP) is 4.72. The van der Waals surface area contributed by atoms with Crippen LogP contribution in [0, 0.1) is 0 Å². The number of carbonyl (C=O) groups excluding carboxylic acids is 1. The molecule has 1 atom stereocenters. The zero-order valence-electron chi connectivity index (χ0n) is 20.3. The standard InChI is InChI=1S/C26H29Cl2N5O2S/c1-30(36(35)24-5-3-4-23(27)26(24)28)15-12-25(34)31(2)20-6-8-21(9-7-20)32-16-18-33(19-17-32)22-10-13-29-14-11-22/h3-11,13-14H,12,15-19H2,1-2H3. The number of piperazine rings is 1. The summed E-state index contributed by atoms with van der Waals surface area (Å²) in [4.78, 5) is 23.7. The van der Waals surface area contributed by atoms with E-state index in [-0.39, 0.29) is 17.4 Å². The summed E-state index contributed by atoms with van der Waals surface area (Å²) in [5, 5.41) is 0.623. The van der Waals surface area contributed by atoms with Crippen molar-refractivity contribution in [3.05, 3.63) is 77.0 Å². The lowest BCUT2D eigenvalue weighted by Crippen LogP contribution is -2.46. The van der Waals surface area contributed by atoms with Gasteiger partial charge in [-0.25, -0.2) is 8.51 Å². The van der Waals surface area contributed by atoms with E-state index in [4.69, 9.17) is 23.2 Å². The van der Waals surface area contributed by atoms with Crippen molar-refractivity contribution in [2.24, 2.45) is 0 Å². The number of anilines is 3. The zero-order valence-corrected chi connectivity index (χ0v) is 22.6. The first-order chi connectivity index (χ1) is 17.3. The van der Waals surface area contributed by atoms with Crippen molar-refractivity contribution in [2.75, 3.05) is 61.5 Å². The van der Waals surface area contributed by atoms with E-state index in [1.807, 2.05) is 36.7 Å². The van der Waals surface area contributed by atoms with Gasteiger partial charge in [-0.3, -0.25) is 9.78 Å². The van der Waals surface area contributed by atoms with E-state index in [0.29, 0.717) is 16.5 Å². The lowest BCUT2D eigenvalue weighted by atomic mass is 10.2. The number of halogens is 2. The van der Waals surface area contributed by atoms with E-state index >= 15 is 0 Å². The molecule has 0 radical (unpaired) electrons. The summed E-state index contributed by atoms with van der Waals surface area (Å²) in [5.41, 5.74) is 3.16. The van der Waals surface area contributed by atoms with Crippen LogP contribution in [0.1, 0.15) is 6.42 Å². The number of rotatable bonds is 8. The quantitative estimate of drug-likeness (QED) is 0.409. The molecule has 1 fully saturated rings. The molecule has 190 valence electrons. The molecule has 1 aliphatic heterocycles. The third-order valence-electron chi connectivity index (χ3n) is 6.31. The second-order valence-electron chi connectivity index (χ2n) is 8.55. The van der Waals surface area contributed by atoms with Gasteiger partial charge in [-0.1, -0.05) is 29.3 Å². The summed E-state index contributed by atoms with van der Waals surface area (Å²) in [6.07, 6.45) is 3.87. The molecule has 1 unspecified atom stereocenters. The van der Waals surface area contributed by atoms with Crippen molar-refractivity contribution in [3.63, 3.8) is 0 Å². The first-order valence-electron chi connectivity index (χ1n) is 11.7. The van der Waals surface area contributed by atoms with Crippen LogP contribution in [0.2, 0.25) is 10.0 Å². The Morgan fingerprint density at radius 3 is 2.11 bits per heavy atom. The zero-order chi connectivity index (χ0) is 25.7. The fraction of sp³-hybridized carbons (Fsp3) is 0.308. The second-order valence-corrected chi connectivity index (χ2v) is 10.9. The largest absolute Gasteiger partial charge is 0.368 e. The fourth-order valence-electron chi connectivity index (χ4n) is 4.10. The predicted molar refractivity (Wildman–Crippen MR) is 149 cm³/mol. The Morgan fingerprint density at radius 1 is 0.917 bits per heavy atom. The molecule has 0 spiro atoms. The number of hydrogen-bond donors (Lipinski definition) is 0. The van der Waals surface area contributed by atoms with Gasteiger partial charge in [0.15, 0.2) is 0 Å². The van der Waals surface area contributed by atoms with Gasteiger partial charge in [0, 0.05) is 82.7 Å². The minimum absolute atomic E-state index is 0.0604. The molecule has 10 heteroatoms. The maximum atomic E-state index is 12.8. The normalized spacial score (nSPS) is 14.7. The second kappa shape index (κ2) is 12.1. The highest BCUT2D eigenvalue weighted by atomic mass is 35.5. The molecule has 1 saturated heterocycles. The maximum absolute atomic E-state index is 12.8. The van der Waals surface area contributed by atoms with Crippen molar-refractivity contribution in [1.82, 2.24) is 9.29 Å². The van der Waals surface area contributed by atoms with Gasteiger partial charge in [0.05, 0.1) is 14.9 Å². The number of nitrogens with zero attached hydrogens (tertiary/aromatic N) is 5. The Bertz CT molecular complexity index is 1200. The highest BCUT2D eigenvalue weighted by molar-refractivity contribution is 7.82. The lowest BCUT2D eigenvalue weighted by Gasteiger charge is -2.37. The van der Waals surface area contributed by atoms with Gasteiger partial charge in [-0.2, -0.15) is 0 Å². The topological polar surface area (TPSA) is 60.0 Å².